The van der Waals surface area contributed by atoms with Crippen LogP contribution in [0.15, 0.2) is 30.7 Å². The van der Waals surface area contributed by atoms with Gasteiger partial charge in [0.05, 0.1) is 23.1 Å². The fraction of sp³-hybridized carbons (Fsp3) is 0.364. The Hall–Kier alpha value is -3.46. The predicted molar refractivity (Wildman–Crippen MR) is 119 cm³/mol. The van der Waals surface area contributed by atoms with Crippen LogP contribution in [0.3, 0.4) is 0 Å². The van der Waals surface area contributed by atoms with E-state index in [2.05, 4.69) is 30.6 Å². The van der Waals surface area contributed by atoms with Crippen LogP contribution in [0, 0.1) is 19.3 Å². The Morgan fingerprint density at radius 2 is 1.94 bits per heavy atom. The smallest absolute Gasteiger partial charge is 0.259 e. The van der Waals surface area contributed by atoms with Crippen molar-refractivity contribution in [1.82, 2.24) is 29.5 Å². The second-order valence-electron chi connectivity index (χ2n) is 8.94. The van der Waals surface area contributed by atoms with Crippen molar-refractivity contribution < 1.29 is 4.79 Å². The number of imidazole rings is 1. The predicted octanol–water partition coefficient (Wildman–Crippen LogP) is 1.89. The maximum Gasteiger partial charge on any atom is 0.259 e. The Bertz CT molecular complexity index is 1360. The third kappa shape index (κ3) is 2.80. The minimum atomic E-state index is -0.218. The molecule has 0 bridgehead atoms. The van der Waals surface area contributed by atoms with Crippen molar-refractivity contribution in [2.45, 2.75) is 13.8 Å². The molecule has 9 nitrogen and oxygen atoms in total. The molecule has 0 atom stereocenters. The van der Waals surface area contributed by atoms with E-state index in [0.717, 1.165) is 54.3 Å². The summed E-state index contributed by atoms with van der Waals surface area (Å²) in [7, 11) is 1.89. The molecule has 0 unspecified atom stereocenters. The van der Waals surface area contributed by atoms with Crippen LogP contribution in [0.2, 0.25) is 0 Å². The lowest BCUT2D eigenvalue weighted by molar-refractivity contribution is 0.102. The van der Waals surface area contributed by atoms with Gasteiger partial charge in [-0.05, 0) is 26.0 Å². The quantitative estimate of drug-likeness (QED) is 0.530. The summed E-state index contributed by atoms with van der Waals surface area (Å²) in [6.45, 7) is 8.12. The average molecular weight is 416 g/mol. The number of benzene rings is 1. The summed E-state index contributed by atoms with van der Waals surface area (Å²) in [5, 5.41) is 11.9. The van der Waals surface area contributed by atoms with E-state index in [1.807, 2.05) is 56.0 Å². The molecule has 2 aliphatic heterocycles. The third-order valence-corrected chi connectivity index (χ3v) is 6.37. The van der Waals surface area contributed by atoms with Crippen LogP contribution >= 0.6 is 0 Å². The topological polar surface area (TPSA) is 92.4 Å². The summed E-state index contributed by atoms with van der Waals surface area (Å²) in [6.07, 6.45) is 5.70. The van der Waals surface area contributed by atoms with E-state index < -0.39 is 0 Å². The van der Waals surface area contributed by atoms with Crippen LogP contribution in [0.4, 0.5) is 11.5 Å². The minimum Gasteiger partial charge on any atom is -0.369 e. The molecule has 0 aliphatic carbocycles. The molecular formula is C22H24N8O. The normalized spacial score (nSPS) is 17.2. The lowest BCUT2D eigenvalue weighted by Crippen LogP contribution is -2.71. The lowest BCUT2D eigenvalue weighted by atomic mass is 9.74. The number of anilines is 2. The van der Waals surface area contributed by atoms with Crippen LogP contribution in [-0.4, -0.2) is 56.2 Å². The zero-order valence-corrected chi connectivity index (χ0v) is 17.8. The van der Waals surface area contributed by atoms with Crippen LogP contribution in [0.5, 0.6) is 0 Å². The number of fused-ring (bicyclic) bond motifs is 2. The third-order valence-electron chi connectivity index (χ3n) is 6.37. The van der Waals surface area contributed by atoms with E-state index in [0.29, 0.717) is 22.3 Å². The van der Waals surface area contributed by atoms with Crippen molar-refractivity contribution in [1.29, 1.82) is 0 Å². The first-order chi connectivity index (χ1) is 14.9. The second-order valence-corrected chi connectivity index (χ2v) is 8.94. The molecule has 4 aromatic rings. The molecule has 1 spiro atoms. The number of nitrogens with one attached hydrogen (secondary N) is 2. The molecule has 31 heavy (non-hydrogen) atoms. The maximum absolute atomic E-state index is 13.1. The fourth-order valence-electron chi connectivity index (χ4n) is 4.85. The average Bonchev–Trinajstić information content (AvgIpc) is 3.22. The van der Waals surface area contributed by atoms with E-state index in [-0.39, 0.29) is 5.91 Å². The van der Waals surface area contributed by atoms with Gasteiger partial charge in [-0.15, -0.1) is 0 Å². The Balaban J connectivity index is 1.32. The number of aromatic nitrogens is 5. The van der Waals surface area contributed by atoms with Gasteiger partial charge in [-0.25, -0.2) is 4.98 Å². The van der Waals surface area contributed by atoms with Crippen LogP contribution in [0.25, 0.3) is 16.6 Å². The summed E-state index contributed by atoms with van der Waals surface area (Å²) >= 11 is 0. The Morgan fingerprint density at radius 3 is 2.68 bits per heavy atom. The molecule has 5 heterocycles. The van der Waals surface area contributed by atoms with Gasteiger partial charge in [0.15, 0.2) is 11.5 Å². The van der Waals surface area contributed by atoms with Gasteiger partial charge in [-0.3, -0.25) is 14.5 Å². The molecule has 9 heteroatoms. The van der Waals surface area contributed by atoms with E-state index in [1.54, 1.807) is 4.68 Å². The first kappa shape index (κ1) is 18.3. The highest BCUT2D eigenvalue weighted by molar-refractivity contribution is 6.13. The van der Waals surface area contributed by atoms with Crippen molar-refractivity contribution in [3.8, 4) is 0 Å². The van der Waals surface area contributed by atoms with Gasteiger partial charge in [0, 0.05) is 62.1 Å². The van der Waals surface area contributed by atoms with Gasteiger partial charge in [0.25, 0.3) is 5.91 Å². The highest BCUT2D eigenvalue weighted by Gasteiger charge is 2.48. The summed E-state index contributed by atoms with van der Waals surface area (Å²) in [6, 6.07) is 3.91. The molecule has 6 rings (SSSR count). The number of rotatable bonds is 3. The summed E-state index contributed by atoms with van der Waals surface area (Å²) in [5.74, 6) is 0.278. The maximum atomic E-state index is 13.1. The number of carbonyl (C=O) groups excluding carboxylic acids is 1. The molecule has 2 aliphatic rings. The highest BCUT2D eigenvalue weighted by Crippen LogP contribution is 2.40. The van der Waals surface area contributed by atoms with Gasteiger partial charge < -0.3 is 19.9 Å². The zero-order chi connectivity index (χ0) is 21.3. The number of aryl methyl sites for hydroxylation is 3. The van der Waals surface area contributed by atoms with Gasteiger partial charge in [-0.1, -0.05) is 0 Å². The van der Waals surface area contributed by atoms with E-state index in [1.165, 1.54) is 0 Å². The highest BCUT2D eigenvalue weighted by atomic mass is 16.1. The van der Waals surface area contributed by atoms with E-state index in [4.69, 9.17) is 0 Å². The van der Waals surface area contributed by atoms with Crippen molar-refractivity contribution >= 4 is 34.0 Å². The summed E-state index contributed by atoms with van der Waals surface area (Å²) < 4.78 is 3.66. The number of nitrogens with zero attached hydrogens (tertiary/aromatic N) is 6. The minimum absolute atomic E-state index is 0.218. The summed E-state index contributed by atoms with van der Waals surface area (Å²) in [4.78, 5) is 24.5. The van der Waals surface area contributed by atoms with Gasteiger partial charge >= 0.3 is 0 Å². The number of hydrogen-bond acceptors (Lipinski definition) is 6. The Labute approximate surface area is 179 Å². The summed E-state index contributed by atoms with van der Waals surface area (Å²) in [5.41, 5.74) is 5.28. The number of hydrogen-bond donors (Lipinski definition) is 2. The Morgan fingerprint density at radius 1 is 1.13 bits per heavy atom. The van der Waals surface area contributed by atoms with Crippen LogP contribution in [-0.2, 0) is 7.05 Å². The van der Waals surface area contributed by atoms with E-state index in [9.17, 15) is 4.79 Å². The zero-order valence-electron chi connectivity index (χ0n) is 17.8. The van der Waals surface area contributed by atoms with Crippen LogP contribution in [0.1, 0.15) is 21.7 Å². The van der Waals surface area contributed by atoms with Crippen molar-refractivity contribution in [2.75, 3.05) is 36.4 Å². The molecule has 1 aromatic carbocycles. The van der Waals surface area contributed by atoms with Gasteiger partial charge in [0.1, 0.15) is 5.52 Å². The molecule has 3 aromatic heterocycles. The molecule has 0 saturated carbocycles. The monoisotopic (exact) mass is 416 g/mol. The number of carbonyl (C=O) groups is 1. The largest absolute Gasteiger partial charge is 0.369 e. The SMILES string of the molecule is Cc1cn2cc(NC(=O)c3ccc(N4CC5(CNC5)C4)c4cn(C)nc34)nc2c(C)n1. The standard InChI is InChI=1S/C22H24N8O/c1-13-6-29-8-18(25-20(29)14(2)24-13)26-21(31)15-4-5-17(16-7-28(3)27-19(15)16)30-11-22(12-30)9-23-10-22/h4-8,23H,9-12H2,1-3H3,(H,26,31). The molecule has 158 valence electrons. The molecular weight excluding hydrogens is 392 g/mol. The molecule has 2 fully saturated rings. The molecule has 2 saturated heterocycles. The molecule has 2 N–H and O–H groups in total. The first-order valence-corrected chi connectivity index (χ1v) is 10.5. The second kappa shape index (κ2) is 6.27. The van der Waals surface area contributed by atoms with Crippen molar-refractivity contribution in [3.63, 3.8) is 0 Å². The molecule has 0 radical (unpaired) electrons. The van der Waals surface area contributed by atoms with Crippen molar-refractivity contribution in [3.05, 3.63) is 47.7 Å². The van der Waals surface area contributed by atoms with Gasteiger partial charge in [-0.2, -0.15) is 5.10 Å². The number of amides is 1. The van der Waals surface area contributed by atoms with E-state index >= 15 is 0 Å². The van der Waals surface area contributed by atoms with Crippen LogP contribution < -0.4 is 15.5 Å². The molecule has 1 amide bonds. The first-order valence-electron chi connectivity index (χ1n) is 10.5. The van der Waals surface area contributed by atoms with Gasteiger partial charge in [0.2, 0.25) is 0 Å². The fourth-order valence-corrected chi connectivity index (χ4v) is 4.85. The lowest BCUT2D eigenvalue weighted by Gasteiger charge is -2.57. The van der Waals surface area contributed by atoms with Crippen molar-refractivity contribution in [2.24, 2.45) is 12.5 Å². The Kier molecular flexibility index (Phi) is 3.71.